The summed E-state index contributed by atoms with van der Waals surface area (Å²) in [6, 6.07) is 5.11. The molecule has 316 valence electrons. The van der Waals surface area contributed by atoms with Gasteiger partial charge < -0.3 is 58.5 Å². The molecule has 3 saturated heterocycles. The number of aliphatic hydroxyl groups is 2. The van der Waals surface area contributed by atoms with Crippen molar-refractivity contribution in [2.75, 3.05) is 21.2 Å². The molecule has 16 heteroatoms. The summed E-state index contributed by atoms with van der Waals surface area (Å²) in [6.07, 6.45) is -6.64. The maximum Gasteiger partial charge on any atom is 0.316 e. The Morgan fingerprint density at radius 1 is 0.897 bits per heavy atom. The zero-order valence-electron chi connectivity index (χ0n) is 33.7. The second kappa shape index (κ2) is 16.3. The first-order valence-corrected chi connectivity index (χ1v) is 19.9. The number of ketones is 3. The van der Waals surface area contributed by atoms with Gasteiger partial charge >= 0.3 is 5.97 Å². The van der Waals surface area contributed by atoms with Crippen molar-refractivity contribution in [1.29, 1.82) is 0 Å². The lowest BCUT2D eigenvalue weighted by molar-refractivity contribution is -0.324. The molecule has 0 amide bonds. The lowest BCUT2D eigenvalue weighted by Gasteiger charge is -2.48. The highest BCUT2D eigenvalue weighted by atomic mass is 16.7. The minimum atomic E-state index is -1.76. The fourth-order valence-electron chi connectivity index (χ4n) is 9.27. The number of phenolic OH excluding ortho intramolecular Hbond substituents is 2. The number of hydrogen-bond donors (Lipinski definition) is 4. The molecule has 2 aromatic rings. The van der Waals surface area contributed by atoms with Crippen LogP contribution in [0.3, 0.4) is 0 Å². The van der Waals surface area contributed by atoms with Gasteiger partial charge in [0.25, 0.3) is 0 Å². The number of nitrogens with zero attached hydrogens (tertiary/aromatic N) is 1. The van der Waals surface area contributed by atoms with E-state index in [9.17, 15) is 39.6 Å². The zero-order valence-corrected chi connectivity index (χ0v) is 33.7. The van der Waals surface area contributed by atoms with Gasteiger partial charge in [-0.25, -0.2) is 0 Å². The summed E-state index contributed by atoms with van der Waals surface area (Å²) in [5.41, 5.74) is -2.49. The number of carbonyl (C=O) groups is 4. The van der Waals surface area contributed by atoms with Crippen LogP contribution in [0.4, 0.5) is 0 Å². The number of hydrogen-bond acceptors (Lipinski definition) is 16. The van der Waals surface area contributed by atoms with E-state index in [1.165, 1.54) is 31.4 Å². The Labute approximate surface area is 336 Å². The lowest BCUT2D eigenvalue weighted by atomic mass is 9.67. The van der Waals surface area contributed by atoms with Gasteiger partial charge in [0.2, 0.25) is 5.78 Å². The molecule has 0 bridgehead atoms. The predicted octanol–water partition coefficient (Wildman–Crippen LogP) is 3.16. The normalized spacial score (nSPS) is 36.3. The largest absolute Gasteiger partial charge is 0.507 e. The van der Waals surface area contributed by atoms with Crippen molar-refractivity contribution in [1.82, 2.24) is 4.90 Å². The first-order chi connectivity index (χ1) is 27.5. The monoisotopic (exact) mass is 811 g/mol. The lowest BCUT2D eigenvalue weighted by Crippen LogP contribution is -2.58. The summed E-state index contributed by atoms with van der Waals surface area (Å²) in [6.45, 7) is 6.95. The summed E-state index contributed by atoms with van der Waals surface area (Å²) in [7, 11) is 4.91. The van der Waals surface area contributed by atoms with Gasteiger partial charge in [-0.3, -0.25) is 19.2 Å². The topological polar surface area (TPSA) is 217 Å². The van der Waals surface area contributed by atoms with Gasteiger partial charge in [0.1, 0.15) is 35.7 Å². The second-order valence-corrected chi connectivity index (χ2v) is 16.3. The van der Waals surface area contributed by atoms with Crippen molar-refractivity contribution in [3.05, 3.63) is 57.6 Å². The van der Waals surface area contributed by atoms with Crippen LogP contribution in [0.5, 0.6) is 11.5 Å². The Kier molecular flexibility index (Phi) is 11.9. The highest BCUT2D eigenvalue weighted by Gasteiger charge is 2.53. The molecule has 0 radical (unpaired) electrons. The fraction of sp³-hybridized carbons (Fsp3) is 0.619. The van der Waals surface area contributed by atoms with Gasteiger partial charge in [0.15, 0.2) is 30.4 Å². The molecule has 10 unspecified atom stereocenters. The van der Waals surface area contributed by atoms with Crippen LogP contribution in [0.1, 0.15) is 121 Å². The van der Waals surface area contributed by atoms with Crippen LogP contribution in [-0.4, -0.2) is 137 Å². The van der Waals surface area contributed by atoms with E-state index in [-0.39, 0.29) is 70.9 Å². The molecule has 4 N–H and O–H groups in total. The standard InChI is InChI=1S/C42H53NO15/c1-8-42(51)17-28(33-22(35(42)41(50)52-7)14-23-34(38(33)49)37(48)32-21(36(23)47)10-9-11-26(32)45)56-30-15-24(43(5)6)39(19(3)54-30)58-31-16-27(46)40(20(4)55-31)57-29-13-12-25(44)18(2)53-29/h9-11,14,18-20,24,27-31,35,39-40,45-46,49,51H,8,12-13,15-17H2,1-7H3/t18?,19?,20?,24?,27?,28?,29-,30-,31?,35-,39?,40?,42?/m0/s1. The number of rotatable bonds is 9. The van der Waals surface area contributed by atoms with Crippen molar-refractivity contribution in [2.24, 2.45) is 0 Å². The average Bonchev–Trinajstić information content (AvgIpc) is 3.17. The fourth-order valence-corrected chi connectivity index (χ4v) is 9.27. The van der Waals surface area contributed by atoms with E-state index in [1.807, 2.05) is 19.0 Å². The minimum absolute atomic E-state index is 0.00573. The molecule has 0 spiro atoms. The third kappa shape index (κ3) is 7.47. The maximum atomic E-state index is 13.9. The number of Topliss-reactive ketones (excluding diaryl/α,β-unsaturated/α-hetero) is 1. The number of carbonyl (C=O) groups excluding carboxylic acids is 4. The molecular formula is C42H53NO15. The predicted molar refractivity (Wildman–Crippen MR) is 201 cm³/mol. The Morgan fingerprint density at radius 2 is 1.57 bits per heavy atom. The molecular weight excluding hydrogens is 758 g/mol. The van der Waals surface area contributed by atoms with Gasteiger partial charge in [-0.1, -0.05) is 19.1 Å². The molecule has 3 fully saturated rings. The second-order valence-electron chi connectivity index (χ2n) is 16.3. The van der Waals surface area contributed by atoms with Crippen molar-refractivity contribution in [3.8, 4) is 11.5 Å². The molecule has 3 heterocycles. The highest BCUT2D eigenvalue weighted by molar-refractivity contribution is 6.30. The number of fused-ring (bicyclic) bond motifs is 3. The van der Waals surface area contributed by atoms with Crippen molar-refractivity contribution in [3.63, 3.8) is 0 Å². The molecule has 2 aliphatic carbocycles. The van der Waals surface area contributed by atoms with E-state index in [1.54, 1.807) is 27.7 Å². The van der Waals surface area contributed by atoms with Crippen molar-refractivity contribution < 1.29 is 72.8 Å². The average molecular weight is 812 g/mol. The SMILES string of the molecule is CCC1(O)CC(O[C@H]2CC(N(C)C)C(OC3CC(O)C(O[C@H]4CCC(=O)C(C)O4)C(C)O3)C(C)O2)c2c(cc3c(c2O)C(=O)c2c(O)cccc2C3=O)[C@H]1C(=O)OC. The molecule has 2 aromatic carbocycles. The quantitative estimate of drug-likeness (QED) is 0.228. The van der Waals surface area contributed by atoms with Crippen molar-refractivity contribution in [2.45, 2.75) is 145 Å². The molecule has 0 saturated carbocycles. The molecule has 16 nitrogen and oxygen atoms in total. The molecule has 5 aliphatic rings. The Morgan fingerprint density at radius 3 is 2.21 bits per heavy atom. The van der Waals surface area contributed by atoms with E-state index >= 15 is 0 Å². The van der Waals surface area contributed by atoms with Crippen LogP contribution in [0, 0.1) is 0 Å². The number of phenols is 2. The maximum absolute atomic E-state index is 13.9. The van der Waals surface area contributed by atoms with Gasteiger partial charge in [-0.15, -0.1) is 0 Å². The van der Waals surface area contributed by atoms with Gasteiger partial charge in [-0.05, 0) is 59.0 Å². The van der Waals surface area contributed by atoms with E-state index in [0.29, 0.717) is 12.8 Å². The number of aliphatic hydroxyl groups excluding tert-OH is 1. The van der Waals surface area contributed by atoms with Gasteiger partial charge in [0.05, 0.1) is 48.3 Å². The van der Waals surface area contributed by atoms with Crippen LogP contribution < -0.4 is 0 Å². The van der Waals surface area contributed by atoms with Crippen LogP contribution in [0.25, 0.3) is 0 Å². The van der Waals surface area contributed by atoms with E-state index < -0.39 is 102 Å². The summed E-state index contributed by atoms with van der Waals surface area (Å²) < 4.78 is 42.6. The number of methoxy groups -OCH3 is 1. The summed E-state index contributed by atoms with van der Waals surface area (Å²) >= 11 is 0. The molecule has 13 atom stereocenters. The summed E-state index contributed by atoms with van der Waals surface area (Å²) in [5, 5.41) is 45.9. The Bertz CT molecular complexity index is 1940. The van der Waals surface area contributed by atoms with Gasteiger partial charge in [-0.2, -0.15) is 0 Å². The van der Waals surface area contributed by atoms with Crippen molar-refractivity contribution >= 4 is 23.3 Å². The van der Waals surface area contributed by atoms with Crippen LogP contribution in [-0.2, 0) is 42.7 Å². The summed E-state index contributed by atoms with van der Waals surface area (Å²) in [4.78, 5) is 55.0. The van der Waals surface area contributed by atoms with Crippen LogP contribution >= 0.6 is 0 Å². The number of likely N-dealkylation sites (N-methyl/N-ethyl adjacent to an activating group) is 1. The Hall–Kier alpha value is -3.84. The molecule has 7 rings (SSSR count). The van der Waals surface area contributed by atoms with Crippen LogP contribution in [0.15, 0.2) is 24.3 Å². The third-order valence-electron chi connectivity index (χ3n) is 12.4. The van der Waals surface area contributed by atoms with E-state index in [0.717, 1.165) is 0 Å². The highest BCUT2D eigenvalue weighted by Crippen LogP contribution is 2.54. The smallest absolute Gasteiger partial charge is 0.316 e. The summed E-state index contributed by atoms with van der Waals surface area (Å²) in [5.74, 6) is -4.59. The minimum Gasteiger partial charge on any atom is -0.507 e. The number of benzene rings is 2. The number of aromatic hydroxyl groups is 2. The molecule has 58 heavy (non-hydrogen) atoms. The first kappa shape index (κ1) is 42.3. The molecule has 3 aliphatic heterocycles. The Balaban J connectivity index is 1.13. The van der Waals surface area contributed by atoms with E-state index in [2.05, 4.69) is 0 Å². The van der Waals surface area contributed by atoms with Crippen LogP contribution in [0.2, 0.25) is 0 Å². The number of ether oxygens (including phenoxy) is 7. The molecule has 0 aromatic heterocycles. The van der Waals surface area contributed by atoms with Gasteiger partial charge in [0, 0.05) is 54.8 Å². The van der Waals surface area contributed by atoms with E-state index in [4.69, 9.17) is 33.2 Å². The number of esters is 1. The third-order valence-corrected chi connectivity index (χ3v) is 12.4. The zero-order chi connectivity index (χ0) is 42.0. The first-order valence-electron chi connectivity index (χ1n) is 19.9.